The van der Waals surface area contributed by atoms with Crippen molar-refractivity contribution in [3.63, 3.8) is 0 Å². The summed E-state index contributed by atoms with van der Waals surface area (Å²) in [4.78, 5) is 8.14. The molecular weight excluding hydrogens is 287 g/mol. The fourth-order valence-electron chi connectivity index (χ4n) is 1.89. The van der Waals surface area contributed by atoms with Gasteiger partial charge in [-0.15, -0.1) is 24.2 Å². The third-order valence-electron chi connectivity index (χ3n) is 2.99. The van der Waals surface area contributed by atoms with Crippen LogP contribution in [-0.2, 0) is 0 Å². The number of hydrogen-bond acceptors (Lipinski definition) is 3. The van der Waals surface area contributed by atoms with E-state index in [0.717, 1.165) is 30.4 Å². The second kappa shape index (κ2) is 7.27. The fraction of sp³-hybridized carbons (Fsp3) is 0.462. The van der Waals surface area contributed by atoms with Gasteiger partial charge >= 0.3 is 0 Å². The summed E-state index contributed by atoms with van der Waals surface area (Å²) in [7, 11) is 0. The van der Waals surface area contributed by atoms with Gasteiger partial charge in [0.25, 0.3) is 0 Å². The van der Waals surface area contributed by atoms with Crippen molar-refractivity contribution in [2.45, 2.75) is 18.7 Å². The Kier molecular flexibility index (Phi) is 6.33. The van der Waals surface area contributed by atoms with E-state index in [1.807, 2.05) is 23.9 Å². The monoisotopic (exact) mass is 304 g/mol. The lowest BCUT2D eigenvalue weighted by molar-refractivity contribution is 0.482. The molecule has 0 unspecified atom stereocenters. The van der Waals surface area contributed by atoms with Crippen LogP contribution in [0.25, 0.3) is 0 Å². The van der Waals surface area contributed by atoms with Gasteiger partial charge in [0.15, 0.2) is 0 Å². The molecule has 100 valence electrons. The van der Waals surface area contributed by atoms with Crippen molar-refractivity contribution in [2.24, 2.45) is 4.99 Å². The van der Waals surface area contributed by atoms with Crippen molar-refractivity contribution < 1.29 is 0 Å². The van der Waals surface area contributed by atoms with E-state index in [1.165, 1.54) is 16.3 Å². The summed E-state index contributed by atoms with van der Waals surface area (Å²) in [5.74, 6) is 2.16. The number of thioether (sulfide) groups is 1. The van der Waals surface area contributed by atoms with Crippen LogP contribution < -0.4 is 0 Å². The number of likely N-dealkylation sites (N-methyl/N-ethyl adjacent to an activating group) is 1. The number of halogens is 2. The lowest BCUT2D eigenvalue weighted by atomic mass is 10.2. The van der Waals surface area contributed by atoms with Crippen molar-refractivity contribution in [1.82, 2.24) is 4.90 Å². The molecule has 0 aromatic heterocycles. The summed E-state index contributed by atoms with van der Waals surface area (Å²) >= 11 is 7.93. The maximum atomic E-state index is 6.11. The third-order valence-corrected chi connectivity index (χ3v) is 4.55. The van der Waals surface area contributed by atoms with Gasteiger partial charge in [-0.2, -0.15) is 0 Å². The van der Waals surface area contributed by atoms with Crippen LogP contribution in [0.2, 0.25) is 5.02 Å². The molecule has 1 aromatic rings. The summed E-state index contributed by atoms with van der Waals surface area (Å²) in [5, 5.41) is 0.843. The first kappa shape index (κ1) is 15.7. The number of amidine groups is 1. The van der Waals surface area contributed by atoms with Crippen molar-refractivity contribution in [3.8, 4) is 0 Å². The molecule has 18 heavy (non-hydrogen) atoms. The maximum absolute atomic E-state index is 6.11. The Hall–Kier alpha value is -0.380. The van der Waals surface area contributed by atoms with E-state index >= 15 is 0 Å². The lowest BCUT2D eigenvalue weighted by Crippen LogP contribution is -2.28. The van der Waals surface area contributed by atoms with Crippen molar-refractivity contribution in [3.05, 3.63) is 28.8 Å². The van der Waals surface area contributed by atoms with Gasteiger partial charge in [0, 0.05) is 23.0 Å². The highest BCUT2D eigenvalue weighted by molar-refractivity contribution is 8.00. The first-order chi connectivity index (χ1) is 8.22. The molecule has 5 heteroatoms. The molecule has 0 spiro atoms. The van der Waals surface area contributed by atoms with E-state index in [1.54, 1.807) is 0 Å². The molecule has 0 aliphatic carbocycles. The van der Waals surface area contributed by atoms with Crippen molar-refractivity contribution >= 4 is 41.6 Å². The molecule has 0 atom stereocenters. The smallest absolute Gasteiger partial charge is 0.109 e. The molecule has 0 saturated carbocycles. The molecule has 0 amide bonds. The number of benzene rings is 1. The zero-order valence-corrected chi connectivity index (χ0v) is 13.0. The molecule has 0 radical (unpaired) electrons. The minimum atomic E-state index is 0. The summed E-state index contributed by atoms with van der Waals surface area (Å²) in [6.45, 7) is 7.31. The molecule has 1 aliphatic rings. The van der Waals surface area contributed by atoms with E-state index in [9.17, 15) is 0 Å². The van der Waals surface area contributed by atoms with Crippen LogP contribution in [0.4, 0.5) is 0 Å². The number of aliphatic imine (C=N–C) groups is 1. The van der Waals surface area contributed by atoms with Gasteiger partial charge in [-0.05, 0) is 31.5 Å². The average molecular weight is 305 g/mol. The summed E-state index contributed by atoms with van der Waals surface area (Å²) in [6, 6.07) is 6.07. The van der Waals surface area contributed by atoms with Gasteiger partial charge in [-0.3, -0.25) is 4.99 Å². The Morgan fingerprint density at radius 1 is 1.44 bits per heavy atom. The van der Waals surface area contributed by atoms with Gasteiger partial charge < -0.3 is 4.90 Å². The third kappa shape index (κ3) is 3.56. The quantitative estimate of drug-likeness (QED) is 0.784. The second-order valence-corrected chi connectivity index (χ2v) is 5.45. The highest BCUT2D eigenvalue weighted by Crippen LogP contribution is 2.28. The largest absolute Gasteiger partial charge is 0.358 e. The van der Waals surface area contributed by atoms with Crippen LogP contribution in [0.5, 0.6) is 0 Å². The van der Waals surface area contributed by atoms with Crippen molar-refractivity contribution in [2.75, 3.05) is 25.4 Å². The predicted octanol–water partition coefficient (Wildman–Crippen LogP) is 3.90. The van der Waals surface area contributed by atoms with Crippen LogP contribution in [0.1, 0.15) is 12.5 Å². The Bertz CT molecular complexity index is 435. The minimum absolute atomic E-state index is 0. The van der Waals surface area contributed by atoms with Gasteiger partial charge in [-0.25, -0.2) is 0 Å². The zero-order chi connectivity index (χ0) is 12.3. The molecule has 1 aliphatic heterocycles. The molecule has 0 bridgehead atoms. The topological polar surface area (TPSA) is 15.6 Å². The maximum Gasteiger partial charge on any atom is 0.109 e. The lowest BCUT2D eigenvalue weighted by Gasteiger charge is -2.17. The Morgan fingerprint density at radius 2 is 2.22 bits per heavy atom. The van der Waals surface area contributed by atoms with Crippen LogP contribution in [-0.4, -0.2) is 36.1 Å². The number of nitrogens with zero attached hydrogens (tertiary/aromatic N) is 2. The van der Waals surface area contributed by atoms with Gasteiger partial charge in [0.1, 0.15) is 5.84 Å². The van der Waals surface area contributed by atoms with Crippen LogP contribution in [0.3, 0.4) is 0 Å². The van der Waals surface area contributed by atoms with Crippen molar-refractivity contribution in [1.29, 1.82) is 0 Å². The molecular formula is C13H18Cl2N2S. The Labute approximate surface area is 124 Å². The highest BCUT2D eigenvalue weighted by Gasteiger charge is 2.15. The molecule has 0 fully saturated rings. The SMILES string of the molecule is CCN1CCN=C1CSc1cccc(Cl)c1C.Cl. The molecule has 1 aromatic carbocycles. The molecule has 2 rings (SSSR count). The normalized spacial score (nSPS) is 14.4. The summed E-state index contributed by atoms with van der Waals surface area (Å²) in [5.41, 5.74) is 1.17. The highest BCUT2D eigenvalue weighted by atomic mass is 35.5. The molecule has 0 N–H and O–H groups in total. The van der Waals surface area contributed by atoms with Gasteiger partial charge in [-0.1, -0.05) is 17.7 Å². The minimum Gasteiger partial charge on any atom is -0.358 e. The van der Waals surface area contributed by atoms with Crippen LogP contribution in [0, 0.1) is 6.92 Å². The fourth-order valence-corrected chi connectivity index (χ4v) is 3.18. The Balaban J connectivity index is 0.00000162. The van der Waals surface area contributed by atoms with E-state index in [4.69, 9.17) is 11.6 Å². The van der Waals surface area contributed by atoms with Gasteiger partial charge in [0.2, 0.25) is 0 Å². The Morgan fingerprint density at radius 3 is 2.94 bits per heavy atom. The van der Waals surface area contributed by atoms with E-state index in [2.05, 4.69) is 29.8 Å². The number of rotatable bonds is 4. The van der Waals surface area contributed by atoms with Crippen LogP contribution in [0.15, 0.2) is 28.1 Å². The predicted molar refractivity (Wildman–Crippen MR) is 83.7 cm³/mol. The molecule has 2 nitrogen and oxygen atoms in total. The second-order valence-electron chi connectivity index (χ2n) is 4.03. The van der Waals surface area contributed by atoms with Crippen LogP contribution >= 0.6 is 35.8 Å². The van der Waals surface area contributed by atoms with E-state index in [-0.39, 0.29) is 12.4 Å². The summed E-state index contributed by atoms with van der Waals surface area (Å²) in [6.07, 6.45) is 0. The van der Waals surface area contributed by atoms with Gasteiger partial charge in [0.05, 0.1) is 12.3 Å². The van der Waals surface area contributed by atoms with E-state index in [0.29, 0.717) is 0 Å². The number of hydrogen-bond donors (Lipinski definition) is 0. The first-order valence-corrected chi connectivity index (χ1v) is 7.25. The zero-order valence-electron chi connectivity index (χ0n) is 10.6. The van der Waals surface area contributed by atoms with E-state index < -0.39 is 0 Å². The standard InChI is InChI=1S/C13H17ClN2S.ClH/c1-3-16-8-7-15-13(16)9-17-12-6-4-5-11(14)10(12)2;/h4-6H,3,7-9H2,1-2H3;1H. The first-order valence-electron chi connectivity index (χ1n) is 5.88. The molecule has 0 saturated heterocycles. The summed E-state index contributed by atoms with van der Waals surface area (Å²) < 4.78 is 0. The average Bonchev–Trinajstić information content (AvgIpc) is 2.78. The molecule has 1 heterocycles.